The van der Waals surface area contributed by atoms with Crippen LogP contribution in [0.4, 0.5) is 5.82 Å². The van der Waals surface area contributed by atoms with Gasteiger partial charge in [-0.05, 0) is 18.6 Å². The molecule has 136 valence electrons. The summed E-state index contributed by atoms with van der Waals surface area (Å²) < 4.78 is 0. The lowest BCUT2D eigenvalue weighted by Crippen LogP contribution is -2.38. The highest BCUT2D eigenvalue weighted by molar-refractivity contribution is 5.92. The van der Waals surface area contributed by atoms with Gasteiger partial charge in [-0.25, -0.2) is 15.0 Å². The molecule has 0 bridgehead atoms. The molecule has 8 heteroatoms. The van der Waals surface area contributed by atoms with Crippen LogP contribution in [0.2, 0.25) is 0 Å². The molecule has 0 unspecified atom stereocenters. The zero-order valence-corrected chi connectivity index (χ0v) is 15.2. The third kappa shape index (κ3) is 3.33. The van der Waals surface area contributed by atoms with E-state index in [1.165, 1.54) is 12.4 Å². The summed E-state index contributed by atoms with van der Waals surface area (Å²) in [6.07, 6.45) is 8.71. The number of amides is 1. The Morgan fingerprint density at radius 3 is 2.59 bits per heavy atom. The van der Waals surface area contributed by atoms with Gasteiger partial charge < -0.3 is 9.80 Å². The number of carbonyl (C=O) groups is 1. The summed E-state index contributed by atoms with van der Waals surface area (Å²) in [5, 5.41) is 0. The van der Waals surface area contributed by atoms with Crippen LogP contribution in [0.1, 0.15) is 21.7 Å². The summed E-state index contributed by atoms with van der Waals surface area (Å²) in [7, 11) is 3.94. The summed E-state index contributed by atoms with van der Waals surface area (Å²) in [5.41, 5.74) is 3.19. The molecule has 0 aliphatic carbocycles. The fourth-order valence-electron chi connectivity index (χ4n) is 3.16. The van der Waals surface area contributed by atoms with E-state index >= 15 is 0 Å². The maximum atomic E-state index is 12.7. The summed E-state index contributed by atoms with van der Waals surface area (Å²) in [5.74, 6) is 1.39. The number of fused-ring (bicyclic) bond motifs is 1. The molecule has 1 amide bonds. The molecule has 0 spiro atoms. The molecule has 3 aromatic heterocycles. The third-order valence-corrected chi connectivity index (χ3v) is 4.47. The largest absolute Gasteiger partial charge is 0.362 e. The average molecular weight is 361 g/mol. The molecule has 0 radical (unpaired) electrons. The Labute approximate surface area is 157 Å². The highest BCUT2D eigenvalue weighted by atomic mass is 16.2. The standard InChI is InChI=1S/C19H19N7O/c1-25(2)18-14-5-10-26(19(27)15-11-21-8-9-22-15)12-16(14)23-17(24-18)13-3-6-20-7-4-13/h3-4,6-9,11H,5,10,12H2,1-2H3. The maximum absolute atomic E-state index is 12.7. The number of anilines is 1. The van der Waals surface area contributed by atoms with Crippen LogP contribution in [0.15, 0.2) is 43.1 Å². The molecule has 4 heterocycles. The first-order chi connectivity index (χ1) is 13.1. The van der Waals surface area contributed by atoms with Crippen molar-refractivity contribution in [3.63, 3.8) is 0 Å². The molecule has 1 aliphatic rings. The first kappa shape index (κ1) is 17.0. The number of hydrogen-bond donors (Lipinski definition) is 0. The van der Waals surface area contributed by atoms with E-state index in [-0.39, 0.29) is 5.91 Å². The van der Waals surface area contributed by atoms with Gasteiger partial charge in [-0.3, -0.25) is 14.8 Å². The van der Waals surface area contributed by atoms with Gasteiger partial charge >= 0.3 is 0 Å². The predicted octanol–water partition coefficient (Wildman–Crippen LogP) is 1.59. The molecule has 3 aromatic rings. The van der Waals surface area contributed by atoms with Gasteiger partial charge in [0.25, 0.3) is 5.91 Å². The van der Waals surface area contributed by atoms with E-state index < -0.39 is 0 Å². The van der Waals surface area contributed by atoms with Crippen molar-refractivity contribution in [3.05, 3.63) is 60.1 Å². The van der Waals surface area contributed by atoms with Gasteiger partial charge in [-0.2, -0.15) is 0 Å². The molecule has 1 aliphatic heterocycles. The second-order valence-corrected chi connectivity index (χ2v) is 6.49. The van der Waals surface area contributed by atoms with Crippen molar-refractivity contribution >= 4 is 11.7 Å². The molecule has 0 saturated heterocycles. The van der Waals surface area contributed by atoms with Crippen LogP contribution in [0.3, 0.4) is 0 Å². The second-order valence-electron chi connectivity index (χ2n) is 6.49. The van der Waals surface area contributed by atoms with Crippen LogP contribution in [0, 0.1) is 0 Å². The van der Waals surface area contributed by atoms with Gasteiger partial charge in [0.2, 0.25) is 0 Å². The SMILES string of the molecule is CN(C)c1nc(-c2ccncc2)nc2c1CCN(C(=O)c1cnccn1)C2. The fourth-order valence-corrected chi connectivity index (χ4v) is 3.16. The van der Waals surface area contributed by atoms with Crippen LogP contribution >= 0.6 is 0 Å². The fraction of sp³-hybridized carbons (Fsp3) is 0.263. The maximum Gasteiger partial charge on any atom is 0.274 e. The van der Waals surface area contributed by atoms with E-state index in [0.29, 0.717) is 31.0 Å². The van der Waals surface area contributed by atoms with Gasteiger partial charge in [-0.15, -0.1) is 0 Å². The number of hydrogen-bond acceptors (Lipinski definition) is 7. The third-order valence-electron chi connectivity index (χ3n) is 4.47. The van der Waals surface area contributed by atoms with Crippen molar-refractivity contribution in [1.29, 1.82) is 0 Å². The molecule has 0 saturated carbocycles. The molecule has 27 heavy (non-hydrogen) atoms. The lowest BCUT2D eigenvalue weighted by molar-refractivity contribution is 0.0725. The Bertz CT molecular complexity index is 961. The van der Waals surface area contributed by atoms with Crippen LogP contribution in [-0.4, -0.2) is 56.4 Å². The van der Waals surface area contributed by atoms with Gasteiger partial charge in [-0.1, -0.05) is 0 Å². The van der Waals surface area contributed by atoms with Crippen LogP contribution in [0.25, 0.3) is 11.4 Å². The Kier molecular flexibility index (Phi) is 4.45. The number of rotatable bonds is 3. The quantitative estimate of drug-likeness (QED) is 0.700. The Morgan fingerprint density at radius 1 is 1.07 bits per heavy atom. The Hall–Kier alpha value is -3.42. The highest BCUT2D eigenvalue weighted by Crippen LogP contribution is 2.28. The highest BCUT2D eigenvalue weighted by Gasteiger charge is 2.27. The molecular formula is C19H19N7O. The number of pyridine rings is 1. The summed E-state index contributed by atoms with van der Waals surface area (Å²) >= 11 is 0. The zero-order valence-electron chi connectivity index (χ0n) is 15.2. The first-order valence-electron chi connectivity index (χ1n) is 8.66. The normalized spacial score (nSPS) is 13.2. The Morgan fingerprint density at radius 2 is 1.89 bits per heavy atom. The van der Waals surface area contributed by atoms with E-state index in [4.69, 9.17) is 9.97 Å². The predicted molar refractivity (Wildman–Crippen MR) is 100 cm³/mol. The minimum absolute atomic E-state index is 0.135. The number of carbonyl (C=O) groups excluding carboxylic acids is 1. The van der Waals surface area contributed by atoms with Gasteiger partial charge in [0, 0.05) is 56.6 Å². The summed E-state index contributed by atoms with van der Waals surface area (Å²) in [4.78, 5) is 38.2. The summed E-state index contributed by atoms with van der Waals surface area (Å²) in [6.45, 7) is 1.02. The monoisotopic (exact) mass is 361 g/mol. The Balaban J connectivity index is 1.71. The van der Waals surface area contributed by atoms with Gasteiger partial charge in [0.05, 0.1) is 18.4 Å². The van der Waals surface area contributed by atoms with Crippen molar-refractivity contribution in [2.24, 2.45) is 0 Å². The number of aromatic nitrogens is 5. The van der Waals surface area contributed by atoms with Crippen molar-refractivity contribution in [2.75, 3.05) is 25.5 Å². The van der Waals surface area contributed by atoms with E-state index in [9.17, 15) is 4.79 Å². The van der Waals surface area contributed by atoms with Crippen molar-refractivity contribution in [2.45, 2.75) is 13.0 Å². The molecular weight excluding hydrogens is 342 g/mol. The van der Waals surface area contributed by atoms with E-state index in [1.54, 1.807) is 23.5 Å². The van der Waals surface area contributed by atoms with E-state index in [0.717, 1.165) is 22.6 Å². The molecule has 0 N–H and O–H groups in total. The molecule has 4 rings (SSSR count). The van der Waals surface area contributed by atoms with Crippen LogP contribution in [0.5, 0.6) is 0 Å². The molecule has 0 fully saturated rings. The van der Waals surface area contributed by atoms with Crippen molar-refractivity contribution in [1.82, 2.24) is 29.8 Å². The second kappa shape index (κ2) is 7.06. The smallest absolute Gasteiger partial charge is 0.274 e. The van der Waals surface area contributed by atoms with Gasteiger partial charge in [0.15, 0.2) is 5.82 Å². The molecule has 0 atom stereocenters. The first-order valence-corrected chi connectivity index (χ1v) is 8.66. The van der Waals surface area contributed by atoms with Crippen molar-refractivity contribution in [3.8, 4) is 11.4 Å². The topological polar surface area (TPSA) is 88.0 Å². The van der Waals surface area contributed by atoms with E-state index in [1.807, 2.05) is 31.1 Å². The minimum atomic E-state index is -0.135. The number of nitrogens with zero attached hydrogens (tertiary/aromatic N) is 7. The zero-order chi connectivity index (χ0) is 18.8. The minimum Gasteiger partial charge on any atom is -0.362 e. The lowest BCUT2D eigenvalue weighted by Gasteiger charge is -2.30. The van der Waals surface area contributed by atoms with E-state index in [2.05, 4.69) is 15.0 Å². The lowest BCUT2D eigenvalue weighted by atomic mass is 10.0. The molecule has 8 nitrogen and oxygen atoms in total. The molecule has 0 aromatic carbocycles. The van der Waals surface area contributed by atoms with Crippen LogP contribution in [-0.2, 0) is 13.0 Å². The van der Waals surface area contributed by atoms with Crippen LogP contribution < -0.4 is 4.90 Å². The summed E-state index contributed by atoms with van der Waals surface area (Å²) in [6, 6.07) is 3.76. The van der Waals surface area contributed by atoms with Crippen molar-refractivity contribution < 1.29 is 4.79 Å². The average Bonchev–Trinajstić information content (AvgIpc) is 2.73. The van der Waals surface area contributed by atoms with Gasteiger partial charge in [0.1, 0.15) is 11.5 Å².